The number of phenols is 1. The summed E-state index contributed by atoms with van der Waals surface area (Å²) in [5.74, 6) is 3.73. The highest BCUT2D eigenvalue weighted by Crippen LogP contribution is 2.16. The van der Waals surface area contributed by atoms with Gasteiger partial charge in [-0.2, -0.15) is 0 Å². The summed E-state index contributed by atoms with van der Waals surface area (Å²) in [4.78, 5) is 11.9. The Morgan fingerprint density at radius 1 is 1.24 bits per heavy atom. The molecule has 0 spiro atoms. The van der Waals surface area contributed by atoms with Crippen molar-refractivity contribution < 1.29 is 19.4 Å². The molecule has 2 aromatic rings. The van der Waals surface area contributed by atoms with Crippen molar-refractivity contribution in [3.8, 4) is 17.6 Å². The minimum atomic E-state index is -0.593. The molecule has 2 aromatic carbocycles. The molecular formula is C16H12FNO3. The molecule has 0 atom stereocenters. The molecule has 0 aromatic heterocycles. The van der Waals surface area contributed by atoms with Crippen molar-refractivity contribution in [1.29, 1.82) is 0 Å². The van der Waals surface area contributed by atoms with Crippen LogP contribution in [0.2, 0.25) is 0 Å². The van der Waals surface area contributed by atoms with Gasteiger partial charge in [0.05, 0.1) is 5.56 Å². The zero-order valence-electron chi connectivity index (χ0n) is 10.9. The molecule has 3 N–H and O–H groups in total. The van der Waals surface area contributed by atoms with Crippen LogP contribution in [0.5, 0.6) is 5.75 Å². The molecule has 5 heteroatoms. The molecule has 4 nitrogen and oxygen atoms in total. The maximum absolute atomic E-state index is 13.7. The van der Waals surface area contributed by atoms with Crippen LogP contribution in [0.1, 0.15) is 15.9 Å². The lowest BCUT2D eigenvalue weighted by Gasteiger charge is -2.06. The topological polar surface area (TPSA) is 69.6 Å². The van der Waals surface area contributed by atoms with Crippen LogP contribution in [-0.4, -0.2) is 22.7 Å². The fraction of sp³-hybridized carbons (Fsp3) is 0.0625. The number of halogens is 1. The van der Waals surface area contributed by atoms with Crippen LogP contribution < -0.4 is 5.32 Å². The first-order valence-electron chi connectivity index (χ1n) is 6.10. The van der Waals surface area contributed by atoms with Crippen LogP contribution in [0.4, 0.5) is 10.1 Å². The van der Waals surface area contributed by atoms with Gasteiger partial charge in [0.2, 0.25) is 0 Å². The lowest BCUT2D eigenvalue weighted by molar-refractivity contribution is 0.102. The van der Waals surface area contributed by atoms with Crippen LogP contribution >= 0.6 is 0 Å². The van der Waals surface area contributed by atoms with Gasteiger partial charge >= 0.3 is 0 Å². The van der Waals surface area contributed by atoms with Crippen LogP contribution in [0.15, 0.2) is 42.5 Å². The van der Waals surface area contributed by atoms with Gasteiger partial charge in [-0.3, -0.25) is 4.79 Å². The minimum Gasteiger partial charge on any atom is -0.508 e. The Labute approximate surface area is 120 Å². The van der Waals surface area contributed by atoms with Crippen molar-refractivity contribution >= 4 is 11.6 Å². The number of aliphatic hydroxyl groups excluding tert-OH is 1. The van der Waals surface area contributed by atoms with E-state index in [0.717, 1.165) is 6.07 Å². The van der Waals surface area contributed by atoms with E-state index in [9.17, 15) is 14.3 Å². The molecule has 0 aliphatic carbocycles. The van der Waals surface area contributed by atoms with Gasteiger partial charge in [-0.25, -0.2) is 4.39 Å². The number of carbonyl (C=O) groups excluding carboxylic acids is 1. The van der Waals surface area contributed by atoms with Crippen LogP contribution in [0.3, 0.4) is 0 Å². The number of carbonyl (C=O) groups is 1. The predicted molar refractivity (Wildman–Crippen MR) is 76.4 cm³/mol. The molecule has 0 aliphatic heterocycles. The first-order chi connectivity index (χ1) is 10.1. The Balaban J connectivity index is 2.17. The second-order valence-electron chi connectivity index (χ2n) is 4.16. The Morgan fingerprint density at radius 2 is 2.05 bits per heavy atom. The maximum Gasteiger partial charge on any atom is 0.255 e. The third kappa shape index (κ3) is 3.81. The van der Waals surface area contributed by atoms with Gasteiger partial charge < -0.3 is 15.5 Å². The molecule has 0 saturated carbocycles. The summed E-state index contributed by atoms with van der Waals surface area (Å²) in [5, 5.41) is 20.4. The number of benzene rings is 2. The third-order valence-electron chi connectivity index (χ3n) is 2.64. The lowest BCUT2D eigenvalue weighted by Crippen LogP contribution is -2.11. The number of amides is 1. The zero-order valence-corrected chi connectivity index (χ0v) is 10.9. The third-order valence-corrected chi connectivity index (χ3v) is 2.64. The number of rotatable bonds is 2. The summed E-state index contributed by atoms with van der Waals surface area (Å²) in [6, 6.07) is 9.89. The number of hydrogen-bond acceptors (Lipinski definition) is 3. The normalized spacial score (nSPS) is 9.62. The zero-order chi connectivity index (χ0) is 15.2. The average Bonchev–Trinajstić information content (AvgIpc) is 2.46. The van der Waals surface area contributed by atoms with Crippen molar-refractivity contribution in [3.63, 3.8) is 0 Å². The first-order valence-corrected chi connectivity index (χ1v) is 6.10. The highest BCUT2D eigenvalue weighted by atomic mass is 19.1. The maximum atomic E-state index is 13.7. The van der Waals surface area contributed by atoms with Crippen LogP contribution in [0, 0.1) is 17.7 Å². The molecule has 0 heterocycles. The Morgan fingerprint density at radius 3 is 2.71 bits per heavy atom. The molecule has 0 radical (unpaired) electrons. The van der Waals surface area contributed by atoms with E-state index in [2.05, 4.69) is 17.2 Å². The van der Waals surface area contributed by atoms with Gasteiger partial charge in [-0.05, 0) is 36.4 Å². The summed E-state index contributed by atoms with van der Waals surface area (Å²) in [6.45, 7) is -0.352. The smallest absolute Gasteiger partial charge is 0.255 e. The standard InChI is InChI=1S/C16H12FNO3/c17-15-10-13(7-6-11(15)4-2-8-19)18-16(21)12-3-1-5-14(20)9-12/h1,3,5-7,9-10,19-20H,8H2,(H,18,21). The number of phenolic OH excluding ortho intramolecular Hbond substituents is 1. The Kier molecular flexibility index (Phi) is 4.54. The summed E-state index contributed by atoms with van der Waals surface area (Å²) in [6.07, 6.45) is 0. The van der Waals surface area contributed by atoms with Gasteiger partial charge in [0.1, 0.15) is 18.2 Å². The highest BCUT2D eigenvalue weighted by Gasteiger charge is 2.08. The average molecular weight is 285 g/mol. The number of aliphatic hydroxyl groups is 1. The van der Waals surface area contributed by atoms with Crippen molar-refractivity contribution in [2.24, 2.45) is 0 Å². The molecule has 0 saturated heterocycles. The van der Waals surface area contributed by atoms with E-state index in [-0.39, 0.29) is 29.2 Å². The molecule has 1 amide bonds. The van der Waals surface area contributed by atoms with E-state index in [1.807, 2.05) is 0 Å². The fourth-order valence-corrected chi connectivity index (χ4v) is 1.68. The SMILES string of the molecule is O=C(Nc1ccc(C#CCO)c(F)c1)c1cccc(O)c1. The molecular weight excluding hydrogens is 273 g/mol. The van der Waals surface area contributed by atoms with Crippen molar-refractivity contribution in [1.82, 2.24) is 0 Å². The fourth-order valence-electron chi connectivity index (χ4n) is 1.68. The van der Waals surface area contributed by atoms with Gasteiger partial charge in [0, 0.05) is 11.3 Å². The molecule has 0 fully saturated rings. The van der Waals surface area contributed by atoms with E-state index in [1.165, 1.54) is 30.3 Å². The van der Waals surface area contributed by atoms with Crippen molar-refractivity contribution in [2.45, 2.75) is 0 Å². The van der Waals surface area contributed by atoms with Gasteiger partial charge in [0.25, 0.3) is 5.91 Å². The summed E-state index contributed by atoms with van der Waals surface area (Å²) in [7, 11) is 0. The number of aromatic hydroxyl groups is 1. The van der Waals surface area contributed by atoms with E-state index in [0.29, 0.717) is 0 Å². The lowest BCUT2D eigenvalue weighted by atomic mass is 10.1. The number of hydrogen-bond donors (Lipinski definition) is 3. The molecule has 0 bridgehead atoms. The van der Waals surface area contributed by atoms with Gasteiger partial charge in [-0.1, -0.05) is 17.9 Å². The number of anilines is 1. The largest absolute Gasteiger partial charge is 0.508 e. The second kappa shape index (κ2) is 6.55. The summed E-state index contributed by atoms with van der Waals surface area (Å²) in [5.41, 5.74) is 0.675. The molecule has 0 unspecified atom stereocenters. The van der Waals surface area contributed by atoms with Crippen molar-refractivity contribution in [2.75, 3.05) is 11.9 Å². The van der Waals surface area contributed by atoms with E-state index in [4.69, 9.17) is 5.11 Å². The summed E-state index contributed by atoms with van der Waals surface area (Å²) >= 11 is 0. The van der Waals surface area contributed by atoms with Crippen LogP contribution in [-0.2, 0) is 0 Å². The van der Waals surface area contributed by atoms with Gasteiger partial charge in [0.15, 0.2) is 0 Å². The van der Waals surface area contributed by atoms with Gasteiger partial charge in [-0.15, -0.1) is 0 Å². The molecule has 2 rings (SSSR count). The minimum absolute atomic E-state index is 0.0246. The Hall–Kier alpha value is -2.84. The predicted octanol–water partition coefficient (Wildman–Crippen LogP) is 2.13. The molecule has 0 aliphatic rings. The monoisotopic (exact) mass is 285 g/mol. The van der Waals surface area contributed by atoms with E-state index in [1.54, 1.807) is 6.07 Å². The quantitative estimate of drug-likeness (QED) is 0.740. The second-order valence-corrected chi connectivity index (χ2v) is 4.16. The summed E-state index contributed by atoms with van der Waals surface area (Å²) < 4.78 is 13.7. The van der Waals surface area contributed by atoms with E-state index >= 15 is 0 Å². The van der Waals surface area contributed by atoms with Crippen molar-refractivity contribution in [3.05, 3.63) is 59.4 Å². The Bertz CT molecular complexity index is 732. The highest BCUT2D eigenvalue weighted by molar-refractivity contribution is 6.04. The molecule has 106 valence electrons. The first kappa shape index (κ1) is 14.6. The molecule has 21 heavy (non-hydrogen) atoms. The number of nitrogens with one attached hydrogen (secondary N) is 1. The van der Waals surface area contributed by atoms with E-state index < -0.39 is 11.7 Å². The van der Waals surface area contributed by atoms with Crippen LogP contribution in [0.25, 0.3) is 0 Å².